The van der Waals surface area contributed by atoms with Crippen molar-refractivity contribution in [3.63, 3.8) is 0 Å². The third kappa shape index (κ3) is 5.61. The lowest BCUT2D eigenvalue weighted by Gasteiger charge is -2.38. The van der Waals surface area contributed by atoms with Gasteiger partial charge in [-0.1, -0.05) is 12.1 Å². The van der Waals surface area contributed by atoms with Gasteiger partial charge in [-0.25, -0.2) is 9.18 Å². The highest BCUT2D eigenvalue weighted by atomic mass is 19.4. The second kappa shape index (κ2) is 10.8. The molecule has 5 rings (SSSR count). The molecule has 2 aromatic rings. The predicted molar refractivity (Wildman–Crippen MR) is 137 cm³/mol. The Morgan fingerprint density at radius 2 is 2.05 bits per heavy atom. The van der Waals surface area contributed by atoms with Crippen molar-refractivity contribution in [3.05, 3.63) is 65.0 Å². The van der Waals surface area contributed by atoms with Crippen molar-refractivity contribution < 1.29 is 27.5 Å². The van der Waals surface area contributed by atoms with E-state index in [0.29, 0.717) is 36.7 Å². The number of hydrogen-bond donors (Lipinski definition) is 2. The maximum absolute atomic E-state index is 13.8. The van der Waals surface area contributed by atoms with Gasteiger partial charge in [0.25, 0.3) is 0 Å². The molecule has 2 saturated carbocycles. The molecule has 2 aromatic carbocycles. The number of aliphatic hydroxyl groups is 1. The minimum Gasteiger partial charge on any atom is -0.395 e. The van der Waals surface area contributed by atoms with Crippen LogP contribution >= 0.6 is 0 Å². The van der Waals surface area contributed by atoms with Gasteiger partial charge in [0.1, 0.15) is 5.82 Å². The van der Waals surface area contributed by atoms with Crippen molar-refractivity contribution in [1.82, 2.24) is 9.80 Å². The molecule has 39 heavy (non-hydrogen) atoms. The number of benzene rings is 2. The number of nitrogens with one attached hydrogen (secondary N) is 1. The van der Waals surface area contributed by atoms with Crippen molar-refractivity contribution in [2.24, 2.45) is 5.92 Å². The summed E-state index contributed by atoms with van der Waals surface area (Å²) in [7, 11) is 0. The number of hydrogen-bond acceptors (Lipinski definition) is 4. The van der Waals surface area contributed by atoms with Crippen LogP contribution in [0.4, 0.5) is 28.0 Å². The number of urea groups is 1. The molecule has 10 heteroatoms. The first-order chi connectivity index (χ1) is 18.6. The fourth-order valence-corrected chi connectivity index (χ4v) is 6.64. The number of nitriles is 1. The standard InChI is InChI=1S/C29H32F4N4O2/c30-26-7-6-22(15-25(26)29(31,32)33)35-27(39)37(12-11-36-10-2-5-24(36)18-38)23-8-9-28(16-21(28)14-23)20-4-1-3-19(13-20)17-34/h1,3-4,6-7,13,15,21,23-24,38H,2,5,8-12,14,16,18H2,(H,35,39)/t21?,23-,24-,28-/m1/s1. The molecule has 4 atom stereocenters. The van der Waals surface area contributed by atoms with Crippen LogP contribution in [0.3, 0.4) is 0 Å². The van der Waals surface area contributed by atoms with Crippen LogP contribution in [0.25, 0.3) is 0 Å². The van der Waals surface area contributed by atoms with Crippen LogP contribution in [-0.4, -0.2) is 59.3 Å². The third-order valence-electron chi connectivity index (χ3n) is 8.84. The first-order valence-corrected chi connectivity index (χ1v) is 13.4. The molecule has 2 amide bonds. The molecular weight excluding hydrogens is 512 g/mol. The van der Waals surface area contributed by atoms with Crippen LogP contribution in [0.2, 0.25) is 0 Å². The Morgan fingerprint density at radius 3 is 2.77 bits per heavy atom. The van der Waals surface area contributed by atoms with Crippen LogP contribution in [0, 0.1) is 23.1 Å². The zero-order valence-electron chi connectivity index (χ0n) is 21.6. The minimum atomic E-state index is -4.87. The summed E-state index contributed by atoms with van der Waals surface area (Å²) in [4.78, 5) is 17.4. The van der Waals surface area contributed by atoms with E-state index in [1.165, 1.54) is 0 Å². The number of rotatable bonds is 7. The van der Waals surface area contributed by atoms with Crippen molar-refractivity contribution in [3.8, 4) is 6.07 Å². The van der Waals surface area contributed by atoms with Gasteiger partial charge in [0, 0.05) is 30.9 Å². The van der Waals surface area contributed by atoms with Crippen LogP contribution in [-0.2, 0) is 11.6 Å². The van der Waals surface area contributed by atoms with E-state index in [9.17, 15) is 32.7 Å². The highest BCUT2D eigenvalue weighted by Crippen LogP contribution is 2.62. The summed E-state index contributed by atoms with van der Waals surface area (Å²) in [5.74, 6) is -1.04. The van der Waals surface area contributed by atoms with Crippen LogP contribution in [0.1, 0.15) is 55.2 Å². The molecular formula is C29H32F4N4O2. The van der Waals surface area contributed by atoms with Gasteiger partial charge in [-0.3, -0.25) is 4.90 Å². The number of alkyl halides is 3. The highest BCUT2D eigenvalue weighted by molar-refractivity contribution is 5.89. The fourth-order valence-electron chi connectivity index (χ4n) is 6.64. The number of aliphatic hydroxyl groups excluding tert-OH is 1. The number of anilines is 1. The van der Waals surface area contributed by atoms with Gasteiger partial charge in [-0.05, 0) is 92.3 Å². The average molecular weight is 545 g/mol. The Morgan fingerprint density at radius 1 is 1.23 bits per heavy atom. The van der Waals surface area contributed by atoms with Gasteiger partial charge in [-0.15, -0.1) is 0 Å². The van der Waals surface area contributed by atoms with E-state index in [4.69, 9.17) is 0 Å². The van der Waals surface area contributed by atoms with Crippen molar-refractivity contribution in [2.75, 3.05) is 31.6 Å². The second-order valence-corrected chi connectivity index (χ2v) is 11.0. The lowest BCUT2D eigenvalue weighted by atomic mass is 9.80. The fraction of sp³-hybridized carbons (Fsp3) is 0.517. The molecule has 1 aliphatic heterocycles. The molecule has 1 heterocycles. The van der Waals surface area contributed by atoms with Gasteiger partial charge in [0.05, 0.1) is 23.8 Å². The number of halogens is 4. The van der Waals surface area contributed by atoms with E-state index in [1.54, 1.807) is 11.0 Å². The average Bonchev–Trinajstić information content (AvgIpc) is 3.49. The summed E-state index contributed by atoms with van der Waals surface area (Å²) in [5, 5.41) is 21.6. The molecule has 0 spiro atoms. The van der Waals surface area contributed by atoms with E-state index in [0.717, 1.165) is 56.7 Å². The Labute approximate surface area is 225 Å². The second-order valence-electron chi connectivity index (χ2n) is 11.0. The summed E-state index contributed by atoms with van der Waals surface area (Å²) < 4.78 is 53.5. The number of carbonyl (C=O) groups excluding carboxylic acids is 1. The Bertz CT molecular complexity index is 1260. The summed E-state index contributed by atoms with van der Waals surface area (Å²) in [5.41, 5.74) is 0.237. The van der Waals surface area contributed by atoms with E-state index in [2.05, 4.69) is 22.4 Å². The lowest BCUT2D eigenvalue weighted by molar-refractivity contribution is -0.139. The molecule has 208 valence electrons. The molecule has 6 nitrogen and oxygen atoms in total. The minimum absolute atomic E-state index is 0.00100. The normalized spacial score (nSPS) is 26.5. The molecule has 2 N–H and O–H groups in total. The molecule has 1 unspecified atom stereocenters. The van der Waals surface area contributed by atoms with Crippen molar-refractivity contribution >= 4 is 11.7 Å². The maximum atomic E-state index is 13.8. The molecule has 2 aliphatic carbocycles. The van der Waals surface area contributed by atoms with Gasteiger partial charge in [0.2, 0.25) is 0 Å². The number of fused-ring (bicyclic) bond motifs is 1. The molecule has 3 aliphatic rings. The van der Waals surface area contributed by atoms with Crippen LogP contribution in [0.5, 0.6) is 0 Å². The SMILES string of the molecule is N#Cc1cccc([C@]23CC[C@@H](N(CCN4CCC[C@@H]4CO)C(=O)Nc4ccc(F)c(C(F)(F)F)c4)CC2C3)c1. The topological polar surface area (TPSA) is 79.6 Å². The van der Waals surface area contributed by atoms with Crippen LogP contribution < -0.4 is 5.32 Å². The zero-order chi connectivity index (χ0) is 27.8. The molecule has 1 saturated heterocycles. The van der Waals surface area contributed by atoms with Gasteiger partial charge < -0.3 is 15.3 Å². The molecule has 0 aromatic heterocycles. The van der Waals surface area contributed by atoms with E-state index in [1.807, 2.05) is 12.1 Å². The van der Waals surface area contributed by atoms with Crippen molar-refractivity contribution in [1.29, 1.82) is 5.26 Å². The van der Waals surface area contributed by atoms with Crippen LogP contribution in [0.15, 0.2) is 42.5 Å². The zero-order valence-corrected chi connectivity index (χ0v) is 21.6. The third-order valence-corrected chi connectivity index (χ3v) is 8.84. The Kier molecular flexibility index (Phi) is 7.57. The predicted octanol–water partition coefficient (Wildman–Crippen LogP) is 5.52. The first kappa shape index (κ1) is 27.4. The first-order valence-electron chi connectivity index (χ1n) is 13.4. The Balaban J connectivity index is 1.33. The summed E-state index contributed by atoms with van der Waals surface area (Å²) >= 11 is 0. The molecule has 3 fully saturated rings. The maximum Gasteiger partial charge on any atom is 0.419 e. The van der Waals surface area contributed by atoms with E-state index >= 15 is 0 Å². The van der Waals surface area contributed by atoms with Gasteiger partial charge in [-0.2, -0.15) is 18.4 Å². The monoisotopic (exact) mass is 544 g/mol. The molecule has 0 bridgehead atoms. The number of likely N-dealkylation sites (tertiary alicyclic amines) is 1. The van der Waals surface area contributed by atoms with E-state index in [-0.39, 0.29) is 29.8 Å². The highest BCUT2D eigenvalue weighted by Gasteiger charge is 2.58. The summed E-state index contributed by atoms with van der Waals surface area (Å²) in [6, 6.07) is 11.8. The van der Waals surface area contributed by atoms with E-state index < -0.39 is 23.6 Å². The largest absolute Gasteiger partial charge is 0.419 e. The van der Waals surface area contributed by atoms with Gasteiger partial charge >= 0.3 is 12.2 Å². The van der Waals surface area contributed by atoms with Gasteiger partial charge in [0.15, 0.2) is 0 Å². The van der Waals surface area contributed by atoms with Crippen molar-refractivity contribution in [2.45, 2.75) is 62.2 Å². The summed E-state index contributed by atoms with van der Waals surface area (Å²) in [6.45, 7) is 1.77. The number of nitrogens with zero attached hydrogens (tertiary/aromatic N) is 3. The Hall–Kier alpha value is -3.16. The molecule has 0 radical (unpaired) electrons. The summed E-state index contributed by atoms with van der Waals surface area (Å²) in [6.07, 6.45) is 0.267. The number of carbonyl (C=O) groups is 1. The number of amides is 2. The smallest absolute Gasteiger partial charge is 0.395 e. The quantitative estimate of drug-likeness (QED) is 0.450. The lowest BCUT2D eigenvalue weighted by Crippen LogP contribution is -2.49.